The Labute approximate surface area is 315 Å². The highest BCUT2D eigenvalue weighted by atomic mass is 16.5. The number of piperidine rings is 1. The van der Waals surface area contributed by atoms with Crippen LogP contribution < -0.4 is 10.6 Å². The summed E-state index contributed by atoms with van der Waals surface area (Å²) in [6, 6.07) is 15.5. The number of H-pyrrole nitrogens is 2. The number of nitrogens with one attached hydrogen (secondary N) is 4. The number of likely N-dealkylation sites (tertiary alicyclic amines) is 2. The molecule has 0 saturated carbocycles. The number of alkyl carbamates (subject to hydrolysis) is 1. The van der Waals surface area contributed by atoms with Gasteiger partial charge in [0.25, 0.3) is 0 Å². The lowest BCUT2D eigenvalue weighted by atomic mass is 9.97. The molecule has 2 aliphatic heterocycles. The first-order chi connectivity index (χ1) is 26.1. The van der Waals surface area contributed by atoms with Gasteiger partial charge in [-0.15, -0.1) is 0 Å². The minimum Gasteiger partial charge on any atom is -0.453 e. The molecule has 54 heavy (non-hydrogen) atoms. The van der Waals surface area contributed by atoms with Gasteiger partial charge in [0.2, 0.25) is 11.8 Å². The first-order valence-electron chi connectivity index (χ1n) is 19.2. The monoisotopic (exact) mass is 736 g/mol. The van der Waals surface area contributed by atoms with E-state index in [1.165, 1.54) is 7.11 Å². The van der Waals surface area contributed by atoms with Crippen LogP contribution in [0.5, 0.6) is 0 Å². The van der Waals surface area contributed by atoms with Gasteiger partial charge >= 0.3 is 6.09 Å². The fourth-order valence-electron chi connectivity index (χ4n) is 8.16. The third kappa shape index (κ3) is 7.26. The van der Waals surface area contributed by atoms with E-state index < -0.39 is 12.1 Å². The number of amides is 3. The minimum absolute atomic E-state index is 0.0816. The Balaban J connectivity index is 1.13. The largest absolute Gasteiger partial charge is 0.453 e. The molecule has 3 aromatic carbocycles. The molecule has 0 spiro atoms. The molecular weight excluding hydrogens is 685 g/mol. The number of methoxy groups -OCH3 is 2. The van der Waals surface area contributed by atoms with Gasteiger partial charge in [-0.05, 0) is 84.7 Å². The molecule has 3 amide bonds. The molecule has 13 heteroatoms. The third-order valence-electron chi connectivity index (χ3n) is 11.0. The number of ether oxygens (including phenoxy) is 2. The summed E-state index contributed by atoms with van der Waals surface area (Å²) >= 11 is 0. The average molecular weight is 737 g/mol. The number of aromatic nitrogens is 4. The fraction of sp³-hybridized carbons (Fsp3) is 0.488. The highest BCUT2D eigenvalue weighted by Gasteiger charge is 2.38. The summed E-state index contributed by atoms with van der Waals surface area (Å²) in [6.07, 6.45) is 3.84. The Morgan fingerprint density at radius 3 is 2.15 bits per heavy atom. The van der Waals surface area contributed by atoms with Crippen molar-refractivity contribution >= 4 is 50.7 Å². The van der Waals surface area contributed by atoms with E-state index in [1.807, 2.05) is 29.7 Å². The van der Waals surface area contributed by atoms with Gasteiger partial charge in [-0.2, -0.15) is 0 Å². The lowest BCUT2D eigenvalue weighted by molar-refractivity contribution is -0.138. The van der Waals surface area contributed by atoms with Crippen molar-refractivity contribution in [1.29, 1.82) is 0 Å². The van der Waals surface area contributed by atoms with E-state index in [0.29, 0.717) is 19.8 Å². The molecule has 2 fully saturated rings. The van der Waals surface area contributed by atoms with E-state index >= 15 is 0 Å². The van der Waals surface area contributed by atoms with Gasteiger partial charge in [-0.3, -0.25) is 14.9 Å². The molecule has 286 valence electrons. The van der Waals surface area contributed by atoms with Gasteiger partial charge in [-0.1, -0.05) is 52.0 Å². The molecule has 2 aliphatic rings. The molecule has 4 heterocycles. The number of carbonyl (C=O) groups is 3. The van der Waals surface area contributed by atoms with E-state index in [0.717, 1.165) is 87.7 Å². The normalized spacial score (nSPS) is 19.0. The van der Waals surface area contributed by atoms with Gasteiger partial charge < -0.3 is 34.6 Å². The summed E-state index contributed by atoms with van der Waals surface area (Å²) in [4.78, 5) is 60.5. The van der Waals surface area contributed by atoms with Crippen LogP contribution in [0.3, 0.4) is 0 Å². The summed E-state index contributed by atoms with van der Waals surface area (Å²) in [5, 5.41) is 8.11. The van der Waals surface area contributed by atoms with E-state index in [9.17, 15) is 14.4 Å². The quantitative estimate of drug-likeness (QED) is 0.111. The Morgan fingerprint density at radius 2 is 1.43 bits per heavy atom. The van der Waals surface area contributed by atoms with Gasteiger partial charge in [0.1, 0.15) is 17.7 Å². The Kier molecular flexibility index (Phi) is 10.9. The SMILES string of the molecule is COCN[C@H](C(=O)N1CCC[C@H]1c1nc2c(ccc3cc(-c4ccc5nc([C@@H]6CCCCN6C(=O)[C@@H](NC(=O)OC)C(C)C)[nH]c5c4)ccc32)[nH]1)C(C)C. The number of nitrogens with zero attached hydrogens (tertiary/aromatic N) is 4. The zero-order chi connectivity index (χ0) is 38.1. The molecule has 2 aromatic heterocycles. The molecular formula is C41H52N8O5. The smallest absolute Gasteiger partial charge is 0.407 e. The molecule has 0 unspecified atom stereocenters. The predicted octanol–water partition coefficient (Wildman–Crippen LogP) is 6.58. The van der Waals surface area contributed by atoms with Crippen LogP contribution in [0.1, 0.15) is 83.5 Å². The van der Waals surface area contributed by atoms with Crippen molar-refractivity contribution in [3.63, 3.8) is 0 Å². The Hall–Kier alpha value is -5.01. The van der Waals surface area contributed by atoms with Crippen LogP contribution in [0.2, 0.25) is 0 Å². The topological polar surface area (TPSA) is 158 Å². The van der Waals surface area contributed by atoms with Crippen LogP contribution in [-0.4, -0.2) is 93.8 Å². The van der Waals surface area contributed by atoms with E-state index in [2.05, 4.69) is 76.9 Å². The van der Waals surface area contributed by atoms with Crippen molar-refractivity contribution in [2.75, 3.05) is 34.0 Å². The maximum Gasteiger partial charge on any atom is 0.407 e. The van der Waals surface area contributed by atoms with Crippen LogP contribution in [0, 0.1) is 11.8 Å². The second kappa shape index (κ2) is 15.8. The highest BCUT2D eigenvalue weighted by Crippen LogP contribution is 2.36. The lowest BCUT2D eigenvalue weighted by Gasteiger charge is -2.37. The van der Waals surface area contributed by atoms with Crippen LogP contribution >= 0.6 is 0 Å². The lowest BCUT2D eigenvalue weighted by Crippen LogP contribution is -2.53. The first-order valence-corrected chi connectivity index (χ1v) is 19.2. The number of hydrogen-bond acceptors (Lipinski definition) is 8. The fourth-order valence-corrected chi connectivity index (χ4v) is 8.16. The number of carbonyl (C=O) groups excluding carboxylic acids is 3. The van der Waals surface area contributed by atoms with E-state index in [1.54, 1.807) is 7.11 Å². The van der Waals surface area contributed by atoms with Crippen molar-refractivity contribution in [3.05, 3.63) is 60.2 Å². The standard InChI is InChI=1S/C41H52N8O5/c1-23(2)34(42-22-53-5)39(50)49-19-9-11-33(49)38-44-30-17-14-27-20-25(12-15-28(27)36(30)46-38)26-13-16-29-31(21-26)45-37(43-29)32-10-7-8-18-48(32)40(51)35(24(3)4)47-41(52)54-6/h12-17,20-21,23-24,32-35,42H,7-11,18-19,22H2,1-6H3,(H,43,45)(H,44,46)(H,47,52)/t32-,33-,34-,35-/m0/s1. The maximum absolute atomic E-state index is 13.8. The second-order valence-corrected chi connectivity index (χ2v) is 15.3. The van der Waals surface area contributed by atoms with Crippen molar-refractivity contribution in [3.8, 4) is 11.1 Å². The number of hydrogen-bond donors (Lipinski definition) is 4. The molecule has 0 radical (unpaired) electrons. The molecule has 4 atom stereocenters. The average Bonchev–Trinajstić information content (AvgIpc) is 3.94. The second-order valence-electron chi connectivity index (χ2n) is 15.3. The number of imidazole rings is 2. The zero-order valence-corrected chi connectivity index (χ0v) is 32.1. The first kappa shape index (κ1) is 37.3. The number of benzene rings is 3. The van der Waals surface area contributed by atoms with Crippen molar-refractivity contribution in [2.24, 2.45) is 11.8 Å². The van der Waals surface area contributed by atoms with Gasteiger partial charge in [0, 0.05) is 25.6 Å². The van der Waals surface area contributed by atoms with Gasteiger partial charge in [-0.25, -0.2) is 14.8 Å². The molecule has 13 nitrogen and oxygen atoms in total. The molecule has 5 aromatic rings. The zero-order valence-electron chi connectivity index (χ0n) is 32.1. The predicted molar refractivity (Wildman–Crippen MR) is 208 cm³/mol. The Morgan fingerprint density at radius 1 is 0.778 bits per heavy atom. The summed E-state index contributed by atoms with van der Waals surface area (Å²) in [7, 11) is 2.93. The van der Waals surface area contributed by atoms with Crippen LogP contribution in [0.4, 0.5) is 4.79 Å². The van der Waals surface area contributed by atoms with E-state index in [-0.39, 0.29) is 41.8 Å². The van der Waals surface area contributed by atoms with E-state index in [4.69, 9.17) is 19.4 Å². The van der Waals surface area contributed by atoms with Crippen LogP contribution in [0.15, 0.2) is 48.5 Å². The molecule has 7 rings (SSSR count). The molecule has 0 bridgehead atoms. The number of aromatic amines is 2. The molecule has 4 N–H and O–H groups in total. The van der Waals surface area contributed by atoms with Crippen molar-refractivity contribution in [1.82, 2.24) is 40.4 Å². The Bertz CT molecular complexity index is 2160. The molecule has 2 saturated heterocycles. The van der Waals surface area contributed by atoms with Crippen molar-refractivity contribution < 1.29 is 23.9 Å². The summed E-state index contributed by atoms with van der Waals surface area (Å²) in [5.74, 6) is 1.54. The van der Waals surface area contributed by atoms with Crippen LogP contribution in [0.25, 0.3) is 44.0 Å². The van der Waals surface area contributed by atoms with Gasteiger partial charge in [0.05, 0.1) is 54.0 Å². The highest BCUT2D eigenvalue weighted by molar-refractivity contribution is 6.05. The van der Waals surface area contributed by atoms with Crippen molar-refractivity contribution in [2.45, 2.75) is 84.0 Å². The maximum atomic E-state index is 13.8. The van der Waals surface area contributed by atoms with Crippen LogP contribution in [-0.2, 0) is 19.1 Å². The number of fused-ring (bicyclic) bond motifs is 4. The summed E-state index contributed by atoms with van der Waals surface area (Å²) in [6.45, 7) is 9.56. The minimum atomic E-state index is -0.691. The third-order valence-corrected chi connectivity index (χ3v) is 11.0. The molecule has 0 aliphatic carbocycles. The van der Waals surface area contributed by atoms with Gasteiger partial charge in [0.15, 0.2) is 0 Å². The summed E-state index contributed by atoms with van der Waals surface area (Å²) in [5.41, 5.74) is 5.68. The summed E-state index contributed by atoms with van der Waals surface area (Å²) < 4.78 is 10.0. The number of rotatable bonds is 11.